The topological polar surface area (TPSA) is 58.6 Å². The summed E-state index contributed by atoms with van der Waals surface area (Å²) >= 11 is 0. The number of rotatable bonds is 0. The maximum Gasteiger partial charge on any atom is 1.00 e. The molecule has 0 saturated carbocycles. The average Bonchev–Trinajstić information content (AvgIpc) is 2.60. The van der Waals surface area contributed by atoms with Gasteiger partial charge in [0.1, 0.15) is 0 Å². The van der Waals surface area contributed by atoms with Crippen molar-refractivity contribution in [2.24, 2.45) is 0 Å². The maximum absolute atomic E-state index is 8.89. The van der Waals surface area contributed by atoms with E-state index in [4.69, 9.17) is 19.7 Å². The molecular weight excluding hydrogens is 351 g/mol. The predicted octanol–water partition coefficient (Wildman–Crippen LogP) is 2.73. The summed E-state index contributed by atoms with van der Waals surface area (Å²) in [5.41, 5.74) is 0. The minimum atomic E-state index is -1.08. The minimum absolute atomic E-state index is 0. The van der Waals surface area contributed by atoms with Crippen LogP contribution in [-0.4, -0.2) is 19.2 Å². The van der Waals surface area contributed by atoms with Gasteiger partial charge in [-0.25, -0.2) is 9.78 Å². The van der Waals surface area contributed by atoms with Crippen molar-refractivity contribution >= 4 is 5.97 Å². The molecule has 4 nitrogen and oxygen atoms in total. The largest absolute Gasteiger partial charge is 1.00 e. The summed E-state index contributed by atoms with van der Waals surface area (Å²) in [5.74, 6) is -1.08. The zero-order chi connectivity index (χ0) is 19.1. The molecule has 1 aliphatic heterocycles. The second-order valence-electron chi connectivity index (χ2n) is 7.50. The smallest absolute Gasteiger partial charge is 0.550 e. The van der Waals surface area contributed by atoms with Crippen LogP contribution >= 0.6 is 0 Å². The zero-order valence-electron chi connectivity index (χ0n) is 18.3. The van der Waals surface area contributed by atoms with Crippen LogP contribution in [-0.2, 0) is 14.6 Å². The number of carboxylic acid groups (broad SMARTS) is 1. The van der Waals surface area contributed by atoms with Gasteiger partial charge in [0.25, 0.3) is 0 Å². The molecule has 0 aromatic heterocycles. The molecule has 156 valence electrons. The Morgan fingerprint density at radius 1 is 0.519 bits per heavy atom. The van der Waals surface area contributed by atoms with Crippen LogP contribution in [0, 0.1) is 0 Å². The molecule has 0 amide bonds. The summed E-state index contributed by atoms with van der Waals surface area (Å²) in [6, 6.07) is 0. The average molecular weight is 395 g/mol. The molecule has 0 N–H and O–H groups in total. The van der Waals surface area contributed by atoms with Crippen LogP contribution in [0.4, 0.5) is 0 Å². The fourth-order valence-corrected chi connectivity index (χ4v) is 3.27. The molecule has 0 atom stereocenters. The van der Waals surface area contributed by atoms with Gasteiger partial charge in [-0.05, 0) is 19.8 Å². The summed E-state index contributed by atoms with van der Waals surface area (Å²) in [6.07, 6.45) is 25.0. The van der Waals surface area contributed by atoms with E-state index >= 15 is 0 Å². The van der Waals surface area contributed by atoms with Gasteiger partial charge in [0, 0.05) is 5.97 Å². The molecule has 0 radical (unpaired) electrons. The van der Waals surface area contributed by atoms with Gasteiger partial charge in [-0.3, -0.25) is 0 Å². The van der Waals surface area contributed by atoms with Crippen LogP contribution in [0.5, 0.6) is 0 Å². The van der Waals surface area contributed by atoms with Gasteiger partial charge in [-0.15, -0.1) is 0 Å². The summed E-state index contributed by atoms with van der Waals surface area (Å²) in [6.45, 7) is 2.53. The van der Waals surface area contributed by atoms with E-state index in [1.807, 2.05) is 0 Å². The Morgan fingerprint density at radius 2 is 0.667 bits per heavy atom. The van der Waals surface area contributed by atoms with Gasteiger partial charge in [0.15, 0.2) is 0 Å². The Morgan fingerprint density at radius 3 is 0.852 bits per heavy atom. The van der Waals surface area contributed by atoms with Gasteiger partial charge in [0.05, 0.1) is 13.2 Å². The Balaban J connectivity index is 0. The van der Waals surface area contributed by atoms with Crippen molar-refractivity contribution in [3.8, 4) is 0 Å². The van der Waals surface area contributed by atoms with Crippen LogP contribution < -0.4 is 34.7 Å². The van der Waals surface area contributed by atoms with Crippen LogP contribution in [0.25, 0.3) is 0 Å². The molecule has 5 heteroatoms. The zero-order valence-corrected chi connectivity index (χ0v) is 20.3. The van der Waals surface area contributed by atoms with Crippen molar-refractivity contribution in [2.45, 2.75) is 122 Å². The number of hydrogen-bond donors (Lipinski definition) is 0. The van der Waals surface area contributed by atoms with E-state index in [-0.39, 0.29) is 29.6 Å². The van der Waals surface area contributed by atoms with Crippen LogP contribution in [0.2, 0.25) is 0 Å². The quantitative estimate of drug-likeness (QED) is 0.468. The summed E-state index contributed by atoms with van der Waals surface area (Å²) in [4.78, 5) is 19.4. The molecule has 0 aromatic carbocycles. The molecule has 27 heavy (non-hydrogen) atoms. The first-order chi connectivity index (χ1) is 12.7. The monoisotopic (exact) mass is 394 g/mol. The van der Waals surface area contributed by atoms with E-state index in [2.05, 4.69) is 0 Å². The van der Waals surface area contributed by atoms with Gasteiger partial charge < -0.3 is 9.90 Å². The predicted molar refractivity (Wildman–Crippen MR) is 106 cm³/mol. The Bertz CT molecular complexity index is 185. The third-order valence-electron chi connectivity index (χ3n) is 4.79. The molecule has 0 aromatic rings. The molecule has 0 bridgehead atoms. The SMILES string of the molecule is C1CCCCCCCCCCOOCCCCCCCCC1.CC(=O)[O-].[Na+]. The molecule has 1 saturated heterocycles. The first-order valence-electron chi connectivity index (χ1n) is 11.2. The van der Waals surface area contributed by atoms with Crippen LogP contribution in [0.15, 0.2) is 0 Å². The number of carbonyl (C=O) groups is 1. The Labute approximate surface area is 190 Å². The van der Waals surface area contributed by atoms with E-state index in [1.165, 1.54) is 103 Å². The van der Waals surface area contributed by atoms with Gasteiger partial charge >= 0.3 is 29.6 Å². The van der Waals surface area contributed by atoms with E-state index < -0.39 is 5.97 Å². The van der Waals surface area contributed by atoms with Crippen molar-refractivity contribution in [1.29, 1.82) is 0 Å². The van der Waals surface area contributed by atoms with Crippen molar-refractivity contribution < 1.29 is 49.2 Å². The van der Waals surface area contributed by atoms with Gasteiger partial charge in [-0.1, -0.05) is 103 Å². The first-order valence-corrected chi connectivity index (χ1v) is 11.2. The first kappa shape index (κ1) is 29.6. The summed E-state index contributed by atoms with van der Waals surface area (Å²) in [7, 11) is 0. The number of hydrogen-bond acceptors (Lipinski definition) is 4. The standard InChI is InChI=1S/C20H40O2.C2H4O2.Na/c1-2-4-6-8-10-12-14-16-18-20-22-21-19-17-15-13-11-9-7-5-3-1;1-2(3)4;/h1-20H2;1H3,(H,3,4);/q;;+1/p-1. The van der Waals surface area contributed by atoms with Crippen molar-refractivity contribution in [1.82, 2.24) is 0 Å². The maximum atomic E-state index is 8.89. The second-order valence-corrected chi connectivity index (χ2v) is 7.50. The summed E-state index contributed by atoms with van der Waals surface area (Å²) in [5, 5.41) is 8.89. The number of aliphatic carboxylic acids is 1. The second kappa shape index (κ2) is 26.4. The van der Waals surface area contributed by atoms with Crippen LogP contribution in [0.1, 0.15) is 122 Å². The van der Waals surface area contributed by atoms with E-state index in [0.29, 0.717) is 0 Å². The molecule has 1 heterocycles. The van der Waals surface area contributed by atoms with Crippen molar-refractivity contribution in [3.05, 3.63) is 0 Å². The van der Waals surface area contributed by atoms with E-state index in [0.717, 1.165) is 33.0 Å². The Hall–Kier alpha value is 0.390. The van der Waals surface area contributed by atoms with E-state index in [1.54, 1.807) is 0 Å². The molecule has 0 unspecified atom stereocenters. The normalized spacial score (nSPS) is 20.5. The molecule has 0 spiro atoms. The molecular formula is C22H43NaO4. The fourth-order valence-electron chi connectivity index (χ4n) is 3.27. The third-order valence-corrected chi connectivity index (χ3v) is 4.79. The van der Waals surface area contributed by atoms with Crippen molar-refractivity contribution in [2.75, 3.05) is 13.2 Å². The van der Waals surface area contributed by atoms with Crippen molar-refractivity contribution in [3.63, 3.8) is 0 Å². The van der Waals surface area contributed by atoms with Crippen LogP contribution in [0.3, 0.4) is 0 Å². The Kier molecular flexibility index (Phi) is 28.9. The molecule has 1 aliphatic rings. The number of carbonyl (C=O) groups excluding carboxylic acids is 1. The fraction of sp³-hybridized carbons (Fsp3) is 0.955. The van der Waals surface area contributed by atoms with Gasteiger partial charge in [0.2, 0.25) is 0 Å². The van der Waals surface area contributed by atoms with Gasteiger partial charge in [-0.2, -0.15) is 0 Å². The number of carboxylic acids is 1. The molecule has 1 rings (SSSR count). The third kappa shape index (κ3) is 31.3. The minimum Gasteiger partial charge on any atom is -0.550 e. The molecule has 1 fully saturated rings. The molecule has 0 aliphatic carbocycles. The summed E-state index contributed by atoms with van der Waals surface area (Å²) < 4.78 is 0. The van der Waals surface area contributed by atoms with E-state index in [9.17, 15) is 0 Å².